The highest BCUT2D eigenvalue weighted by atomic mass is 16.7. The fraction of sp³-hybridized carbons (Fsp3) is 0.800. The van der Waals surface area contributed by atoms with Crippen molar-refractivity contribution in [2.45, 2.75) is 78.4 Å². The molecule has 23 heavy (non-hydrogen) atoms. The summed E-state index contributed by atoms with van der Waals surface area (Å²) in [4.78, 5) is 34.1. The van der Waals surface area contributed by atoms with E-state index in [0.29, 0.717) is 0 Å². The number of hydrogen-bond donors (Lipinski definition) is 0. The van der Waals surface area contributed by atoms with Crippen molar-refractivity contribution in [3.63, 3.8) is 0 Å². The number of hydrogen-bond acceptors (Lipinski definition) is 8. The molecular formula is C15H24O8. The van der Waals surface area contributed by atoms with Crippen molar-refractivity contribution in [3.05, 3.63) is 0 Å². The summed E-state index contributed by atoms with van der Waals surface area (Å²) < 4.78 is 26.9. The molecule has 8 heteroatoms. The molecule has 1 aliphatic heterocycles. The minimum Gasteiger partial charge on any atom is -0.456 e. The predicted octanol–water partition coefficient (Wildman–Crippen LogP) is 0.951. The van der Waals surface area contributed by atoms with Crippen LogP contribution in [-0.4, -0.2) is 54.7 Å². The van der Waals surface area contributed by atoms with Crippen LogP contribution in [0.2, 0.25) is 0 Å². The molecular weight excluding hydrogens is 308 g/mol. The Balaban J connectivity index is 3.13. The summed E-state index contributed by atoms with van der Waals surface area (Å²) in [5.41, 5.74) is 0. The van der Waals surface area contributed by atoms with Crippen LogP contribution in [0.1, 0.15) is 41.5 Å². The van der Waals surface area contributed by atoms with Gasteiger partial charge in [0.1, 0.15) is 0 Å². The molecule has 0 N–H and O–H groups in total. The van der Waals surface area contributed by atoms with Crippen LogP contribution in [0.15, 0.2) is 0 Å². The molecule has 8 nitrogen and oxygen atoms in total. The fourth-order valence-corrected chi connectivity index (χ4v) is 2.35. The van der Waals surface area contributed by atoms with Crippen molar-refractivity contribution in [2.75, 3.05) is 0 Å². The Bertz CT molecular complexity index is 447. The van der Waals surface area contributed by atoms with Crippen LogP contribution < -0.4 is 0 Å². The van der Waals surface area contributed by atoms with Gasteiger partial charge in [-0.25, -0.2) is 0 Å². The van der Waals surface area contributed by atoms with Gasteiger partial charge in [0, 0.05) is 20.8 Å². The highest BCUT2D eigenvalue weighted by Gasteiger charge is 2.51. The van der Waals surface area contributed by atoms with E-state index in [1.54, 1.807) is 20.8 Å². The molecule has 1 fully saturated rings. The molecule has 5 atom stereocenters. The van der Waals surface area contributed by atoms with E-state index in [2.05, 4.69) is 0 Å². The van der Waals surface area contributed by atoms with Gasteiger partial charge >= 0.3 is 17.9 Å². The zero-order valence-electron chi connectivity index (χ0n) is 14.2. The van der Waals surface area contributed by atoms with Crippen LogP contribution in [0.4, 0.5) is 0 Å². The van der Waals surface area contributed by atoms with E-state index in [9.17, 15) is 14.4 Å². The largest absolute Gasteiger partial charge is 0.456 e. The SMILES string of the molecule is CC(=O)O[C@@H]1[C@@H](OC(C)=O)[C@H](C)O[C@@H](OC(C)C)[C@@H]1OC(C)=O. The highest BCUT2D eigenvalue weighted by Crippen LogP contribution is 2.29. The maximum Gasteiger partial charge on any atom is 0.303 e. The van der Waals surface area contributed by atoms with E-state index in [-0.39, 0.29) is 6.10 Å². The first-order chi connectivity index (χ1) is 10.6. The first kappa shape index (κ1) is 19.4. The lowest BCUT2D eigenvalue weighted by molar-refractivity contribution is -0.307. The number of rotatable bonds is 5. The summed E-state index contributed by atoms with van der Waals surface area (Å²) in [5, 5.41) is 0. The lowest BCUT2D eigenvalue weighted by atomic mass is 9.99. The topological polar surface area (TPSA) is 97.4 Å². The molecule has 0 spiro atoms. The van der Waals surface area contributed by atoms with Gasteiger partial charge in [-0.3, -0.25) is 14.4 Å². The Morgan fingerprint density at radius 3 is 1.70 bits per heavy atom. The van der Waals surface area contributed by atoms with Crippen molar-refractivity contribution >= 4 is 17.9 Å². The third-order valence-electron chi connectivity index (χ3n) is 3.04. The second-order valence-electron chi connectivity index (χ2n) is 5.62. The molecule has 0 aromatic heterocycles. The van der Waals surface area contributed by atoms with E-state index < -0.39 is 48.6 Å². The number of ether oxygens (including phenoxy) is 5. The third kappa shape index (κ3) is 5.80. The molecule has 1 rings (SSSR count). The maximum atomic E-state index is 11.4. The maximum absolute atomic E-state index is 11.4. The van der Waals surface area contributed by atoms with E-state index in [4.69, 9.17) is 23.7 Å². The third-order valence-corrected chi connectivity index (χ3v) is 3.04. The molecule has 132 valence electrons. The molecule has 1 aliphatic rings. The van der Waals surface area contributed by atoms with Crippen LogP contribution in [0.5, 0.6) is 0 Å². The zero-order valence-corrected chi connectivity index (χ0v) is 14.2. The lowest BCUT2D eigenvalue weighted by Gasteiger charge is -2.43. The second kappa shape index (κ2) is 8.26. The van der Waals surface area contributed by atoms with Gasteiger partial charge in [0.2, 0.25) is 0 Å². The molecule has 0 bridgehead atoms. The van der Waals surface area contributed by atoms with Crippen molar-refractivity contribution in [3.8, 4) is 0 Å². The lowest BCUT2D eigenvalue weighted by Crippen LogP contribution is -2.61. The minimum absolute atomic E-state index is 0.214. The van der Waals surface area contributed by atoms with E-state index in [1.807, 2.05) is 0 Å². The van der Waals surface area contributed by atoms with E-state index >= 15 is 0 Å². The molecule has 1 heterocycles. The zero-order chi connectivity index (χ0) is 17.7. The Morgan fingerprint density at radius 1 is 0.826 bits per heavy atom. The summed E-state index contributed by atoms with van der Waals surface area (Å²) in [5.74, 6) is -1.75. The van der Waals surface area contributed by atoms with Gasteiger partial charge in [-0.2, -0.15) is 0 Å². The normalized spacial score (nSPS) is 30.7. The fourth-order valence-electron chi connectivity index (χ4n) is 2.35. The molecule has 0 aromatic carbocycles. The number of carbonyl (C=O) groups is 3. The summed E-state index contributed by atoms with van der Waals surface area (Å²) in [6.45, 7) is 8.90. The van der Waals surface area contributed by atoms with Crippen molar-refractivity contribution in [2.24, 2.45) is 0 Å². The molecule has 1 saturated heterocycles. The Kier molecular flexibility index (Phi) is 6.96. The Labute approximate surface area is 135 Å². The van der Waals surface area contributed by atoms with Crippen LogP contribution in [0.25, 0.3) is 0 Å². The van der Waals surface area contributed by atoms with Gasteiger partial charge in [0.05, 0.1) is 12.2 Å². The first-order valence-corrected chi connectivity index (χ1v) is 7.44. The van der Waals surface area contributed by atoms with Crippen molar-refractivity contribution < 1.29 is 38.1 Å². The quantitative estimate of drug-likeness (QED) is 0.542. The smallest absolute Gasteiger partial charge is 0.303 e. The highest BCUT2D eigenvalue weighted by molar-refractivity contribution is 5.68. The summed E-state index contributed by atoms with van der Waals surface area (Å²) in [7, 11) is 0. The van der Waals surface area contributed by atoms with Gasteiger partial charge < -0.3 is 23.7 Å². The van der Waals surface area contributed by atoms with Gasteiger partial charge in [-0.15, -0.1) is 0 Å². The average molecular weight is 332 g/mol. The molecule has 0 amide bonds. The van der Waals surface area contributed by atoms with Gasteiger partial charge in [-0.05, 0) is 20.8 Å². The summed E-state index contributed by atoms with van der Waals surface area (Å²) in [6, 6.07) is 0. The van der Waals surface area contributed by atoms with E-state index in [1.165, 1.54) is 20.8 Å². The average Bonchev–Trinajstić information content (AvgIpc) is 2.36. The van der Waals surface area contributed by atoms with Gasteiger partial charge in [-0.1, -0.05) is 0 Å². The van der Waals surface area contributed by atoms with Crippen LogP contribution in [-0.2, 0) is 38.1 Å². The number of esters is 3. The van der Waals surface area contributed by atoms with Crippen LogP contribution in [0, 0.1) is 0 Å². The summed E-state index contributed by atoms with van der Waals surface area (Å²) in [6.07, 6.45) is -4.74. The second-order valence-corrected chi connectivity index (χ2v) is 5.62. The molecule has 0 unspecified atom stereocenters. The van der Waals surface area contributed by atoms with Gasteiger partial charge in [0.15, 0.2) is 24.6 Å². The molecule has 0 radical (unpaired) electrons. The standard InChI is InChI=1S/C15H24O8/c1-7(2)19-15-14(23-11(6)18)13(22-10(5)17)12(8(3)20-15)21-9(4)16/h7-8,12-15H,1-6H3/t8-,12-,13+,14+,15+/m0/s1. The predicted molar refractivity (Wildman–Crippen MR) is 77.2 cm³/mol. The number of carbonyl (C=O) groups excluding carboxylic acids is 3. The van der Waals surface area contributed by atoms with Crippen molar-refractivity contribution in [1.29, 1.82) is 0 Å². The van der Waals surface area contributed by atoms with E-state index in [0.717, 1.165) is 0 Å². The van der Waals surface area contributed by atoms with Gasteiger partial charge in [0.25, 0.3) is 0 Å². The minimum atomic E-state index is -1.04. The Morgan fingerprint density at radius 2 is 1.26 bits per heavy atom. The Hall–Kier alpha value is -1.67. The van der Waals surface area contributed by atoms with Crippen LogP contribution in [0.3, 0.4) is 0 Å². The molecule has 0 aromatic rings. The van der Waals surface area contributed by atoms with Crippen molar-refractivity contribution in [1.82, 2.24) is 0 Å². The molecule has 0 aliphatic carbocycles. The van der Waals surface area contributed by atoms with Crippen LogP contribution >= 0.6 is 0 Å². The monoisotopic (exact) mass is 332 g/mol. The first-order valence-electron chi connectivity index (χ1n) is 7.44. The summed E-state index contributed by atoms with van der Waals surface area (Å²) >= 11 is 0. The molecule has 0 saturated carbocycles.